The first-order valence-electron chi connectivity index (χ1n) is 8.60. The lowest BCUT2D eigenvalue weighted by molar-refractivity contribution is -0.274. The van der Waals surface area contributed by atoms with E-state index in [1.54, 1.807) is 29.6 Å². The number of hydrogen-bond acceptors (Lipinski definition) is 5. The molecule has 0 aliphatic heterocycles. The lowest BCUT2D eigenvalue weighted by Crippen LogP contribution is -2.19. The smallest absolute Gasteiger partial charge is 0.406 e. The lowest BCUT2D eigenvalue weighted by Gasteiger charge is -2.09. The number of nitrogens with zero attached hydrogens (tertiary/aromatic N) is 1. The molecule has 0 aliphatic rings. The first-order chi connectivity index (χ1) is 14.7. The molecule has 0 fully saturated rings. The fourth-order valence-corrected chi connectivity index (χ4v) is 3.18. The van der Waals surface area contributed by atoms with Gasteiger partial charge >= 0.3 is 12.4 Å². The number of rotatable bonds is 6. The van der Waals surface area contributed by atoms with Crippen LogP contribution in [0.4, 0.5) is 34.5 Å². The molecule has 0 spiro atoms. The Labute approximate surface area is 183 Å². The average Bonchev–Trinajstić information content (AvgIpc) is 3.10. The predicted octanol–water partition coefficient (Wildman–Crippen LogP) is 5.52. The molecule has 31 heavy (non-hydrogen) atoms. The quantitative estimate of drug-likeness (QED) is 0.442. The summed E-state index contributed by atoms with van der Waals surface area (Å²) in [5.41, 5.74) is 1.27. The number of urea groups is 1. The van der Waals surface area contributed by atoms with E-state index in [0.29, 0.717) is 27.2 Å². The Kier molecular flexibility index (Phi) is 6.98. The minimum atomic E-state index is -4.78. The van der Waals surface area contributed by atoms with Gasteiger partial charge in [0, 0.05) is 21.8 Å². The second kappa shape index (κ2) is 9.67. The third kappa shape index (κ3) is 7.46. The van der Waals surface area contributed by atoms with Crippen LogP contribution in [0.3, 0.4) is 0 Å². The molecule has 0 unspecified atom stereocenters. The number of halogens is 4. The molecule has 0 bridgehead atoms. The maximum absolute atomic E-state index is 12.2. The van der Waals surface area contributed by atoms with Gasteiger partial charge in [0.2, 0.25) is 5.91 Å². The van der Waals surface area contributed by atoms with Crippen LogP contribution in [-0.2, 0) is 11.2 Å². The normalized spacial score (nSPS) is 11.0. The summed E-state index contributed by atoms with van der Waals surface area (Å²) in [7, 11) is 0. The minimum absolute atomic E-state index is 0.0855. The van der Waals surface area contributed by atoms with Crippen LogP contribution in [0.5, 0.6) is 5.75 Å². The number of ether oxygens (including phenoxy) is 1. The van der Waals surface area contributed by atoms with Crippen LogP contribution in [0, 0.1) is 0 Å². The number of aromatic nitrogens is 1. The van der Waals surface area contributed by atoms with Gasteiger partial charge in [-0.3, -0.25) is 10.1 Å². The summed E-state index contributed by atoms with van der Waals surface area (Å²) < 4.78 is 40.3. The molecule has 1 heterocycles. The molecule has 7 nitrogen and oxygen atoms in total. The summed E-state index contributed by atoms with van der Waals surface area (Å²) in [4.78, 5) is 28.3. The summed E-state index contributed by atoms with van der Waals surface area (Å²) in [6, 6.07) is 10.8. The summed E-state index contributed by atoms with van der Waals surface area (Å²) in [6.45, 7) is 0. The third-order valence-corrected chi connectivity index (χ3v) is 4.65. The number of alkyl halides is 3. The number of nitrogens with one attached hydrogen (secondary N) is 3. The molecule has 0 atom stereocenters. The zero-order valence-electron chi connectivity index (χ0n) is 15.5. The number of anilines is 3. The van der Waals surface area contributed by atoms with Crippen LogP contribution in [0.2, 0.25) is 5.02 Å². The number of hydrogen-bond donors (Lipinski definition) is 3. The van der Waals surface area contributed by atoms with E-state index in [-0.39, 0.29) is 6.42 Å². The molecular formula is C19H14ClF3N4O3S. The predicted molar refractivity (Wildman–Crippen MR) is 112 cm³/mol. The van der Waals surface area contributed by atoms with Crippen molar-refractivity contribution in [1.29, 1.82) is 0 Å². The molecule has 12 heteroatoms. The molecule has 1 aromatic heterocycles. The Morgan fingerprint density at radius 3 is 2.23 bits per heavy atom. The summed E-state index contributed by atoms with van der Waals surface area (Å²) in [5.74, 6) is -0.815. The minimum Gasteiger partial charge on any atom is -0.406 e. The van der Waals surface area contributed by atoms with Gasteiger partial charge in [-0.1, -0.05) is 11.6 Å². The van der Waals surface area contributed by atoms with Crippen LogP contribution in [0.25, 0.3) is 0 Å². The zero-order valence-corrected chi connectivity index (χ0v) is 17.1. The van der Waals surface area contributed by atoms with Crippen molar-refractivity contribution in [3.8, 4) is 5.75 Å². The highest BCUT2D eigenvalue weighted by Gasteiger charge is 2.30. The Morgan fingerprint density at radius 2 is 1.58 bits per heavy atom. The number of carbonyl (C=O) groups is 2. The summed E-state index contributed by atoms with van der Waals surface area (Å²) >= 11 is 6.93. The average molecular weight is 471 g/mol. The van der Waals surface area contributed by atoms with E-state index < -0.39 is 24.1 Å². The van der Waals surface area contributed by atoms with Crippen molar-refractivity contribution in [1.82, 2.24) is 4.98 Å². The maximum Gasteiger partial charge on any atom is 0.573 e. The van der Waals surface area contributed by atoms with Crippen LogP contribution in [0.1, 0.15) is 5.69 Å². The topological polar surface area (TPSA) is 92.4 Å². The summed E-state index contributed by atoms with van der Waals surface area (Å²) in [5, 5.41) is 10.2. The number of benzene rings is 2. The molecule has 3 N–H and O–H groups in total. The maximum atomic E-state index is 12.2. The van der Waals surface area contributed by atoms with E-state index in [4.69, 9.17) is 11.6 Å². The fourth-order valence-electron chi connectivity index (χ4n) is 2.35. The Morgan fingerprint density at radius 1 is 0.968 bits per heavy atom. The van der Waals surface area contributed by atoms with Gasteiger partial charge in [-0.05, 0) is 48.5 Å². The van der Waals surface area contributed by atoms with Gasteiger partial charge < -0.3 is 15.4 Å². The number of amides is 3. The van der Waals surface area contributed by atoms with Gasteiger partial charge in [-0.25, -0.2) is 9.78 Å². The van der Waals surface area contributed by atoms with Crippen molar-refractivity contribution in [3.63, 3.8) is 0 Å². The summed E-state index contributed by atoms with van der Waals surface area (Å²) in [6.07, 6.45) is -4.87. The van der Waals surface area contributed by atoms with E-state index in [2.05, 4.69) is 25.7 Å². The van der Waals surface area contributed by atoms with Crippen molar-refractivity contribution in [2.24, 2.45) is 0 Å². The fraction of sp³-hybridized carbons (Fsp3) is 0.105. The first kappa shape index (κ1) is 22.4. The van der Waals surface area contributed by atoms with Crippen molar-refractivity contribution < 1.29 is 27.5 Å². The van der Waals surface area contributed by atoms with Crippen LogP contribution in [0.15, 0.2) is 53.9 Å². The number of carbonyl (C=O) groups excluding carboxylic acids is 2. The highest BCUT2D eigenvalue weighted by Crippen LogP contribution is 2.24. The highest BCUT2D eigenvalue weighted by molar-refractivity contribution is 7.14. The standard InChI is InChI=1S/C19H14ClF3N4O3S/c20-11-1-3-13(4-2-11)25-17(29)27-18-26-14(10-31-18)9-16(28)24-12-5-7-15(8-6-12)30-19(21,22)23/h1-8,10H,9H2,(H,24,28)(H2,25,26,27,29). The van der Waals surface area contributed by atoms with E-state index in [1.165, 1.54) is 12.1 Å². The second-order valence-corrected chi connectivity index (χ2v) is 7.32. The molecule has 3 aromatic rings. The van der Waals surface area contributed by atoms with Crippen LogP contribution < -0.4 is 20.7 Å². The van der Waals surface area contributed by atoms with Gasteiger partial charge in [0.05, 0.1) is 12.1 Å². The van der Waals surface area contributed by atoms with Crippen LogP contribution in [-0.4, -0.2) is 23.3 Å². The van der Waals surface area contributed by atoms with Gasteiger partial charge in [0.1, 0.15) is 5.75 Å². The number of thiazole rings is 1. The molecule has 0 aliphatic carbocycles. The lowest BCUT2D eigenvalue weighted by atomic mass is 10.2. The SMILES string of the molecule is O=C(Cc1csc(NC(=O)Nc2ccc(Cl)cc2)n1)Nc1ccc(OC(F)(F)F)cc1. The van der Waals surface area contributed by atoms with E-state index in [0.717, 1.165) is 23.5 Å². The molecule has 3 rings (SSSR count). The monoisotopic (exact) mass is 470 g/mol. The van der Waals surface area contributed by atoms with Gasteiger partial charge in [-0.2, -0.15) is 0 Å². The van der Waals surface area contributed by atoms with E-state index >= 15 is 0 Å². The van der Waals surface area contributed by atoms with Gasteiger partial charge in [0.15, 0.2) is 5.13 Å². The van der Waals surface area contributed by atoms with Crippen molar-refractivity contribution in [2.45, 2.75) is 12.8 Å². The Balaban J connectivity index is 1.49. The van der Waals surface area contributed by atoms with E-state index in [9.17, 15) is 22.8 Å². The Bertz CT molecular complexity index is 1060. The molecule has 0 saturated carbocycles. The molecule has 0 saturated heterocycles. The van der Waals surface area contributed by atoms with Crippen LogP contribution >= 0.6 is 22.9 Å². The Hall–Kier alpha value is -3.31. The highest BCUT2D eigenvalue weighted by atomic mass is 35.5. The van der Waals surface area contributed by atoms with Gasteiger partial charge in [0.25, 0.3) is 0 Å². The third-order valence-electron chi connectivity index (χ3n) is 3.59. The van der Waals surface area contributed by atoms with Crippen molar-refractivity contribution in [3.05, 3.63) is 64.6 Å². The van der Waals surface area contributed by atoms with E-state index in [1.807, 2.05) is 0 Å². The first-order valence-corrected chi connectivity index (χ1v) is 9.86. The molecule has 3 amide bonds. The largest absolute Gasteiger partial charge is 0.573 e. The molecule has 0 radical (unpaired) electrons. The molecular weight excluding hydrogens is 457 g/mol. The second-order valence-electron chi connectivity index (χ2n) is 6.03. The molecule has 2 aromatic carbocycles. The van der Waals surface area contributed by atoms with Gasteiger partial charge in [-0.15, -0.1) is 24.5 Å². The zero-order chi connectivity index (χ0) is 22.4. The molecule has 162 valence electrons. The van der Waals surface area contributed by atoms with Crippen molar-refractivity contribution in [2.75, 3.05) is 16.0 Å². The van der Waals surface area contributed by atoms with Crippen molar-refractivity contribution >= 4 is 51.4 Å².